The zero-order valence-corrected chi connectivity index (χ0v) is 14.1. The largest absolute Gasteiger partial charge is 0.496 e. The minimum Gasteiger partial charge on any atom is -0.496 e. The fraction of sp³-hybridized carbons (Fsp3) is 0.167. The lowest BCUT2D eigenvalue weighted by atomic mass is 10.1. The number of benzene rings is 2. The maximum absolute atomic E-state index is 9.09. The third kappa shape index (κ3) is 3.10. The standard InChI is InChI=1S/C18H15ClN4O/c1-11-7-13(4-6-16(11)24-2)10-21-18-15-8-12(9-20)3-5-14(15)17(19)22-23-18/h3-8H,10H2,1-2H3,(H,21,23). The SMILES string of the molecule is COc1ccc(CNc2nnc(Cl)c3ccc(C#N)cc23)cc1C. The molecule has 1 heterocycles. The second-order valence-corrected chi connectivity index (χ2v) is 5.73. The number of aromatic nitrogens is 2. The smallest absolute Gasteiger partial charge is 0.159 e. The molecule has 0 saturated heterocycles. The molecule has 0 radical (unpaired) electrons. The highest BCUT2D eigenvalue weighted by Gasteiger charge is 2.09. The van der Waals surface area contributed by atoms with E-state index in [1.165, 1.54) is 0 Å². The van der Waals surface area contributed by atoms with E-state index in [0.717, 1.165) is 27.6 Å². The predicted molar refractivity (Wildman–Crippen MR) is 94.3 cm³/mol. The van der Waals surface area contributed by atoms with Crippen LogP contribution in [0.25, 0.3) is 10.8 Å². The lowest BCUT2D eigenvalue weighted by molar-refractivity contribution is 0.411. The molecule has 0 spiro atoms. The molecule has 0 fully saturated rings. The van der Waals surface area contributed by atoms with Crippen molar-refractivity contribution in [3.8, 4) is 11.8 Å². The van der Waals surface area contributed by atoms with Gasteiger partial charge in [-0.3, -0.25) is 0 Å². The summed E-state index contributed by atoms with van der Waals surface area (Å²) in [5.74, 6) is 1.45. The Kier molecular flexibility index (Phi) is 4.50. The maximum atomic E-state index is 9.09. The third-order valence-electron chi connectivity index (χ3n) is 3.78. The summed E-state index contributed by atoms with van der Waals surface area (Å²) >= 11 is 6.10. The Bertz CT molecular complexity index is 950. The third-order valence-corrected chi connectivity index (χ3v) is 4.06. The minimum atomic E-state index is 0.320. The van der Waals surface area contributed by atoms with Crippen LogP contribution >= 0.6 is 11.6 Å². The average Bonchev–Trinajstić information content (AvgIpc) is 2.61. The quantitative estimate of drug-likeness (QED) is 0.776. The summed E-state index contributed by atoms with van der Waals surface area (Å²) in [5.41, 5.74) is 2.71. The molecule has 1 N–H and O–H groups in total. The molecule has 0 aliphatic rings. The van der Waals surface area contributed by atoms with Crippen molar-refractivity contribution in [3.63, 3.8) is 0 Å². The Morgan fingerprint density at radius 3 is 2.71 bits per heavy atom. The lowest BCUT2D eigenvalue weighted by Gasteiger charge is -2.11. The van der Waals surface area contributed by atoms with Gasteiger partial charge in [-0.25, -0.2) is 0 Å². The summed E-state index contributed by atoms with van der Waals surface area (Å²) in [5, 5.41) is 22.3. The van der Waals surface area contributed by atoms with Crippen molar-refractivity contribution < 1.29 is 4.74 Å². The molecule has 0 unspecified atom stereocenters. The first-order valence-corrected chi connectivity index (χ1v) is 7.73. The van der Waals surface area contributed by atoms with Crippen LogP contribution < -0.4 is 10.1 Å². The van der Waals surface area contributed by atoms with Crippen LogP contribution in [0.2, 0.25) is 5.15 Å². The summed E-state index contributed by atoms with van der Waals surface area (Å²) in [7, 11) is 1.66. The topological polar surface area (TPSA) is 70.8 Å². The van der Waals surface area contributed by atoms with Gasteiger partial charge in [0.15, 0.2) is 11.0 Å². The summed E-state index contributed by atoms with van der Waals surface area (Å²) in [4.78, 5) is 0. The Hall–Kier alpha value is -2.84. The number of nitrogens with one attached hydrogen (secondary N) is 1. The first-order valence-electron chi connectivity index (χ1n) is 7.36. The second kappa shape index (κ2) is 6.73. The van der Waals surface area contributed by atoms with Crippen molar-refractivity contribution in [2.75, 3.05) is 12.4 Å². The van der Waals surface area contributed by atoms with Crippen molar-refractivity contribution in [3.05, 3.63) is 58.2 Å². The highest BCUT2D eigenvalue weighted by Crippen LogP contribution is 2.27. The zero-order valence-electron chi connectivity index (χ0n) is 13.3. The fourth-order valence-corrected chi connectivity index (χ4v) is 2.76. The number of fused-ring (bicyclic) bond motifs is 1. The molecule has 0 amide bonds. The van der Waals surface area contributed by atoms with E-state index < -0.39 is 0 Å². The van der Waals surface area contributed by atoms with Crippen molar-refractivity contribution in [2.24, 2.45) is 0 Å². The number of hydrogen-bond acceptors (Lipinski definition) is 5. The summed E-state index contributed by atoms with van der Waals surface area (Å²) in [6.45, 7) is 2.58. The molecule has 2 aromatic carbocycles. The monoisotopic (exact) mass is 338 g/mol. The first kappa shape index (κ1) is 16.0. The number of hydrogen-bond donors (Lipinski definition) is 1. The van der Waals surface area contributed by atoms with E-state index in [4.69, 9.17) is 21.6 Å². The number of rotatable bonds is 4. The van der Waals surface area contributed by atoms with Crippen LogP contribution in [-0.2, 0) is 6.54 Å². The molecular weight excluding hydrogens is 324 g/mol. The van der Waals surface area contributed by atoms with Crippen LogP contribution in [0.3, 0.4) is 0 Å². The molecule has 0 saturated carbocycles. The van der Waals surface area contributed by atoms with Gasteiger partial charge in [0.05, 0.1) is 18.7 Å². The van der Waals surface area contributed by atoms with Crippen LogP contribution in [0, 0.1) is 18.3 Å². The van der Waals surface area contributed by atoms with E-state index in [0.29, 0.717) is 23.1 Å². The zero-order chi connectivity index (χ0) is 17.1. The number of nitrogens with zero attached hydrogens (tertiary/aromatic N) is 3. The molecular formula is C18H15ClN4O. The van der Waals surface area contributed by atoms with E-state index in [9.17, 15) is 0 Å². The van der Waals surface area contributed by atoms with Gasteiger partial charge in [-0.2, -0.15) is 5.26 Å². The average molecular weight is 339 g/mol. The molecule has 0 aliphatic carbocycles. The van der Waals surface area contributed by atoms with Crippen LogP contribution in [-0.4, -0.2) is 17.3 Å². The van der Waals surface area contributed by atoms with Gasteiger partial charge in [0.1, 0.15) is 5.75 Å². The minimum absolute atomic E-state index is 0.320. The van der Waals surface area contributed by atoms with Crippen molar-refractivity contribution in [2.45, 2.75) is 13.5 Å². The Labute approximate surface area is 144 Å². The second-order valence-electron chi connectivity index (χ2n) is 5.37. The fourth-order valence-electron chi connectivity index (χ4n) is 2.56. The van der Waals surface area contributed by atoms with Gasteiger partial charge < -0.3 is 10.1 Å². The normalized spacial score (nSPS) is 10.4. The number of anilines is 1. The molecule has 24 heavy (non-hydrogen) atoms. The summed E-state index contributed by atoms with van der Waals surface area (Å²) in [6, 6.07) is 13.4. The highest BCUT2D eigenvalue weighted by molar-refractivity contribution is 6.34. The van der Waals surface area contributed by atoms with E-state index >= 15 is 0 Å². The molecule has 1 aromatic heterocycles. The van der Waals surface area contributed by atoms with Crippen LogP contribution in [0.1, 0.15) is 16.7 Å². The van der Waals surface area contributed by atoms with Crippen LogP contribution in [0.4, 0.5) is 5.82 Å². The molecule has 0 aliphatic heterocycles. The van der Waals surface area contributed by atoms with Crippen molar-refractivity contribution in [1.82, 2.24) is 10.2 Å². The lowest BCUT2D eigenvalue weighted by Crippen LogP contribution is -2.04. The van der Waals surface area contributed by atoms with E-state index in [1.807, 2.05) is 19.1 Å². The number of nitriles is 1. The van der Waals surface area contributed by atoms with Crippen molar-refractivity contribution >= 4 is 28.2 Å². The molecule has 5 nitrogen and oxygen atoms in total. The summed E-state index contributed by atoms with van der Waals surface area (Å²) in [6.07, 6.45) is 0. The van der Waals surface area contributed by atoms with Gasteiger partial charge in [0.25, 0.3) is 0 Å². The Morgan fingerprint density at radius 2 is 2.00 bits per heavy atom. The first-order chi connectivity index (χ1) is 11.6. The molecule has 6 heteroatoms. The number of methoxy groups -OCH3 is 1. The van der Waals surface area contributed by atoms with E-state index in [2.05, 4.69) is 27.6 Å². The number of aryl methyl sites for hydroxylation is 1. The van der Waals surface area contributed by atoms with Gasteiger partial charge >= 0.3 is 0 Å². The molecule has 0 bridgehead atoms. The Morgan fingerprint density at radius 1 is 1.17 bits per heavy atom. The van der Waals surface area contributed by atoms with E-state index in [1.54, 1.807) is 25.3 Å². The molecule has 3 rings (SSSR count). The van der Waals surface area contributed by atoms with Gasteiger partial charge in [-0.1, -0.05) is 23.7 Å². The van der Waals surface area contributed by atoms with Crippen LogP contribution in [0.5, 0.6) is 5.75 Å². The number of halogens is 1. The maximum Gasteiger partial charge on any atom is 0.159 e. The van der Waals surface area contributed by atoms with Crippen LogP contribution in [0.15, 0.2) is 36.4 Å². The van der Waals surface area contributed by atoms with Gasteiger partial charge in [-0.15, -0.1) is 10.2 Å². The highest BCUT2D eigenvalue weighted by atomic mass is 35.5. The molecule has 120 valence electrons. The van der Waals surface area contributed by atoms with E-state index in [-0.39, 0.29) is 0 Å². The van der Waals surface area contributed by atoms with Gasteiger partial charge in [0.2, 0.25) is 0 Å². The van der Waals surface area contributed by atoms with Gasteiger partial charge in [-0.05, 0) is 42.3 Å². The summed E-state index contributed by atoms with van der Waals surface area (Å²) < 4.78 is 5.27. The van der Waals surface area contributed by atoms with Gasteiger partial charge in [0, 0.05) is 17.3 Å². The molecule has 3 aromatic rings. The predicted octanol–water partition coefficient (Wildman–Crippen LogP) is 4.08. The van der Waals surface area contributed by atoms with Crippen molar-refractivity contribution in [1.29, 1.82) is 5.26 Å². The number of ether oxygens (including phenoxy) is 1. The molecule has 0 atom stereocenters. The Balaban J connectivity index is 1.91.